The number of benzene rings is 1. The molecular formula is C23H22F6N4O4. The summed E-state index contributed by atoms with van der Waals surface area (Å²) in [6, 6.07) is 8.56. The molecule has 2 unspecified atom stereocenters. The van der Waals surface area contributed by atoms with E-state index in [0.717, 1.165) is 0 Å². The van der Waals surface area contributed by atoms with E-state index in [4.69, 9.17) is 19.6 Å². The van der Waals surface area contributed by atoms with Crippen molar-refractivity contribution in [1.82, 2.24) is 15.2 Å². The predicted octanol–water partition coefficient (Wildman–Crippen LogP) is 5.02. The van der Waals surface area contributed by atoms with Crippen molar-refractivity contribution in [3.63, 3.8) is 0 Å². The van der Waals surface area contributed by atoms with Crippen LogP contribution in [0, 0.1) is 0 Å². The summed E-state index contributed by atoms with van der Waals surface area (Å²) in [5.74, 6) is -2.56. The van der Waals surface area contributed by atoms with Crippen LogP contribution >= 0.6 is 0 Å². The van der Waals surface area contributed by atoms with E-state index in [1.807, 2.05) is 0 Å². The lowest BCUT2D eigenvalue weighted by atomic mass is 9.92. The van der Waals surface area contributed by atoms with E-state index in [9.17, 15) is 31.4 Å². The number of ether oxygens (including phenoxy) is 2. The second-order valence-corrected chi connectivity index (χ2v) is 8.49. The lowest BCUT2D eigenvalue weighted by Crippen LogP contribution is -2.47. The van der Waals surface area contributed by atoms with Crippen LogP contribution in [0.3, 0.4) is 0 Å². The van der Waals surface area contributed by atoms with Crippen molar-refractivity contribution < 1.29 is 45.3 Å². The van der Waals surface area contributed by atoms with Gasteiger partial charge in [-0.15, -0.1) is 10.2 Å². The van der Waals surface area contributed by atoms with E-state index < -0.39 is 71.7 Å². The van der Waals surface area contributed by atoms with Crippen LogP contribution in [0.15, 0.2) is 40.8 Å². The van der Waals surface area contributed by atoms with Gasteiger partial charge in [0.2, 0.25) is 11.5 Å². The van der Waals surface area contributed by atoms with Crippen LogP contribution in [-0.4, -0.2) is 39.2 Å². The number of pyridine rings is 1. The van der Waals surface area contributed by atoms with Crippen LogP contribution in [0.4, 0.5) is 32.0 Å². The minimum Gasteiger partial charge on any atom is -0.477 e. The largest absolute Gasteiger partial charge is 0.477 e. The van der Waals surface area contributed by atoms with Gasteiger partial charge in [-0.05, 0) is 30.9 Å². The van der Waals surface area contributed by atoms with Gasteiger partial charge in [-0.1, -0.05) is 30.3 Å². The lowest BCUT2D eigenvalue weighted by molar-refractivity contribution is -0.305. The van der Waals surface area contributed by atoms with Crippen molar-refractivity contribution in [2.24, 2.45) is 0 Å². The van der Waals surface area contributed by atoms with E-state index in [1.54, 1.807) is 30.3 Å². The Morgan fingerprint density at radius 3 is 2.49 bits per heavy atom. The topological polar surface area (TPSA) is 117 Å². The highest BCUT2D eigenvalue weighted by Crippen LogP contribution is 2.47. The van der Waals surface area contributed by atoms with Crippen LogP contribution < -0.4 is 10.5 Å². The van der Waals surface area contributed by atoms with Gasteiger partial charge < -0.3 is 24.7 Å². The summed E-state index contributed by atoms with van der Waals surface area (Å²) in [5.41, 5.74) is 0.607. The maximum absolute atomic E-state index is 14.6. The van der Waals surface area contributed by atoms with Crippen LogP contribution in [0.25, 0.3) is 11.6 Å². The number of nitrogens with two attached hydrogens (primary N) is 1. The molecule has 2 aromatic heterocycles. The Kier molecular flexibility index (Phi) is 7.33. The molecule has 0 saturated carbocycles. The SMILES string of the molecule is Nc1cc(C(F)(F)F)c2nc1-c1nnc(o1)C(OCc1ccccc1)(C(F)(F)F)CC(O)CCCCO2. The molecule has 4 rings (SSSR count). The Hall–Kier alpha value is -3.39. The molecule has 8 nitrogen and oxygen atoms in total. The average molecular weight is 532 g/mol. The highest BCUT2D eigenvalue weighted by molar-refractivity contribution is 5.68. The summed E-state index contributed by atoms with van der Waals surface area (Å²) in [4.78, 5) is 3.76. The molecule has 37 heavy (non-hydrogen) atoms. The third kappa shape index (κ3) is 5.64. The number of nitrogen functional groups attached to an aromatic ring is 1. The van der Waals surface area contributed by atoms with E-state index in [-0.39, 0.29) is 25.9 Å². The molecule has 1 aliphatic heterocycles. The first-order valence-electron chi connectivity index (χ1n) is 11.2. The Morgan fingerprint density at radius 1 is 1.08 bits per heavy atom. The molecule has 2 atom stereocenters. The molecule has 200 valence electrons. The number of fused-ring (bicyclic) bond motifs is 5. The second-order valence-electron chi connectivity index (χ2n) is 8.49. The van der Waals surface area contributed by atoms with E-state index in [2.05, 4.69) is 15.2 Å². The van der Waals surface area contributed by atoms with Gasteiger partial charge in [0.1, 0.15) is 5.56 Å². The van der Waals surface area contributed by atoms with E-state index in [0.29, 0.717) is 11.6 Å². The molecule has 4 bridgehead atoms. The predicted molar refractivity (Wildman–Crippen MR) is 116 cm³/mol. The maximum Gasteiger partial charge on any atom is 0.426 e. The lowest BCUT2D eigenvalue weighted by Gasteiger charge is -2.34. The van der Waals surface area contributed by atoms with Gasteiger partial charge in [0, 0.05) is 6.42 Å². The molecule has 3 N–H and O–H groups in total. The average Bonchev–Trinajstić information content (AvgIpc) is 3.31. The maximum atomic E-state index is 14.6. The van der Waals surface area contributed by atoms with Crippen LogP contribution in [0.2, 0.25) is 0 Å². The van der Waals surface area contributed by atoms with Gasteiger partial charge in [-0.2, -0.15) is 26.3 Å². The molecule has 0 aliphatic carbocycles. The minimum atomic E-state index is -5.13. The highest BCUT2D eigenvalue weighted by Gasteiger charge is 2.62. The first kappa shape index (κ1) is 26.7. The number of hydrogen-bond donors (Lipinski definition) is 2. The molecule has 3 aromatic rings. The number of anilines is 1. The van der Waals surface area contributed by atoms with Crippen molar-refractivity contribution in [2.45, 2.75) is 56.3 Å². The van der Waals surface area contributed by atoms with E-state index >= 15 is 0 Å². The van der Waals surface area contributed by atoms with Crippen LogP contribution in [0.5, 0.6) is 5.88 Å². The van der Waals surface area contributed by atoms with Crippen molar-refractivity contribution in [3.05, 3.63) is 53.4 Å². The van der Waals surface area contributed by atoms with Crippen molar-refractivity contribution in [2.75, 3.05) is 12.3 Å². The number of nitrogens with zero attached hydrogens (tertiary/aromatic N) is 3. The number of alkyl halides is 6. The quantitative estimate of drug-likeness (QED) is 0.452. The fraction of sp³-hybridized carbons (Fsp3) is 0.435. The summed E-state index contributed by atoms with van der Waals surface area (Å²) in [6.07, 6.45) is -12.3. The van der Waals surface area contributed by atoms with Crippen LogP contribution in [0.1, 0.15) is 42.7 Å². The summed E-state index contributed by atoms with van der Waals surface area (Å²) in [6.45, 7) is -0.750. The zero-order valence-corrected chi connectivity index (χ0v) is 19.1. The third-order valence-corrected chi connectivity index (χ3v) is 5.77. The minimum absolute atomic E-state index is 0.122. The fourth-order valence-corrected chi connectivity index (χ4v) is 3.87. The second kappa shape index (κ2) is 10.2. The normalized spacial score (nSPS) is 21.2. The highest BCUT2D eigenvalue weighted by atomic mass is 19.4. The molecule has 0 spiro atoms. The molecule has 1 aromatic carbocycles. The monoisotopic (exact) mass is 532 g/mol. The molecule has 14 heteroatoms. The van der Waals surface area contributed by atoms with Crippen molar-refractivity contribution in [3.8, 4) is 17.5 Å². The summed E-state index contributed by atoms with van der Waals surface area (Å²) in [7, 11) is 0. The van der Waals surface area contributed by atoms with Gasteiger partial charge in [0.05, 0.1) is 25.0 Å². The molecule has 0 amide bonds. The zero-order chi connectivity index (χ0) is 26.8. The molecule has 3 heterocycles. The van der Waals surface area contributed by atoms with Crippen molar-refractivity contribution in [1.29, 1.82) is 0 Å². The number of rotatable bonds is 3. The molecule has 1 aliphatic rings. The Labute approximate surface area is 206 Å². The number of aliphatic hydroxyl groups excluding tert-OH is 1. The standard InChI is InChI=1S/C23H22F6N4O4/c24-22(25,26)15-10-16(30)17-19-32-33-20(37-19)21(23(27,28)29,36-12-13-6-2-1-3-7-13)11-14(34)8-4-5-9-35-18(15)31-17/h1-3,6-7,10,14,34H,4-5,8-9,11-12,30H2. The number of aromatic nitrogens is 3. The van der Waals surface area contributed by atoms with Crippen molar-refractivity contribution >= 4 is 5.69 Å². The van der Waals surface area contributed by atoms with E-state index in [1.165, 1.54) is 0 Å². The first-order chi connectivity index (χ1) is 17.4. The first-order valence-corrected chi connectivity index (χ1v) is 11.2. The summed E-state index contributed by atoms with van der Waals surface area (Å²) in [5, 5.41) is 17.6. The van der Waals surface area contributed by atoms with Gasteiger partial charge in [0.15, 0.2) is 5.69 Å². The Bertz CT molecular complexity index is 1220. The zero-order valence-electron chi connectivity index (χ0n) is 19.1. The summed E-state index contributed by atoms with van der Waals surface area (Å²) < 4.78 is 100. The van der Waals surface area contributed by atoms with Crippen LogP contribution in [-0.2, 0) is 23.1 Å². The molecular weight excluding hydrogens is 510 g/mol. The van der Waals surface area contributed by atoms with Gasteiger partial charge >= 0.3 is 12.4 Å². The van der Waals surface area contributed by atoms with Gasteiger partial charge in [0.25, 0.3) is 11.8 Å². The Balaban J connectivity index is 1.84. The van der Waals surface area contributed by atoms with Gasteiger partial charge in [-0.3, -0.25) is 0 Å². The molecule has 0 fully saturated rings. The number of aliphatic hydroxyl groups is 1. The van der Waals surface area contributed by atoms with Gasteiger partial charge in [-0.25, -0.2) is 4.98 Å². The molecule has 0 radical (unpaired) electrons. The fourth-order valence-electron chi connectivity index (χ4n) is 3.87. The Morgan fingerprint density at radius 2 is 1.81 bits per heavy atom. The molecule has 0 saturated heterocycles. The number of hydrogen-bond acceptors (Lipinski definition) is 8. The number of halogens is 6. The summed E-state index contributed by atoms with van der Waals surface area (Å²) >= 11 is 0. The third-order valence-electron chi connectivity index (χ3n) is 5.77. The smallest absolute Gasteiger partial charge is 0.426 e.